The van der Waals surface area contributed by atoms with Crippen molar-refractivity contribution in [3.05, 3.63) is 11.6 Å². The maximum absolute atomic E-state index is 12.5. The Labute approximate surface area is 275 Å². The number of nitrogens with one attached hydrogen (secondary N) is 1. The number of ether oxygens (including phenoxy) is 2. The van der Waals surface area contributed by atoms with E-state index in [9.17, 15) is 34.2 Å². The lowest BCUT2D eigenvalue weighted by Crippen LogP contribution is -2.67. The van der Waals surface area contributed by atoms with Crippen molar-refractivity contribution < 1.29 is 48.5 Å². The molecule has 0 spiro atoms. The van der Waals surface area contributed by atoms with E-state index in [4.69, 9.17) is 14.3 Å². The molecule has 12 heteroatoms. The third kappa shape index (κ3) is 6.14. The molecule has 6 rings (SSSR count). The molecule has 12 nitrogen and oxygen atoms in total. The Bertz CT molecular complexity index is 1300. The Kier molecular flexibility index (Phi) is 9.59. The normalized spacial score (nSPS) is 39.5. The molecule has 4 saturated carbocycles. The molecule has 0 aromatic heterocycles. The van der Waals surface area contributed by atoms with Gasteiger partial charge in [0.25, 0.3) is 11.8 Å². The summed E-state index contributed by atoms with van der Waals surface area (Å²) in [6, 6.07) is 0. The topological polar surface area (TPSA) is 169 Å². The van der Waals surface area contributed by atoms with Gasteiger partial charge in [-0.2, -0.15) is 0 Å². The van der Waals surface area contributed by atoms with Crippen LogP contribution in [0.25, 0.3) is 0 Å². The number of hydrogen-bond donors (Lipinski definition) is 3. The number of imide groups is 1. The number of carbonyl (C=O) groups is 5. The lowest BCUT2D eigenvalue weighted by Gasteiger charge is -2.65. The van der Waals surface area contributed by atoms with Crippen LogP contribution in [0.1, 0.15) is 104 Å². The third-order valence-electron chi connectivity index (χ3n) is 13.1. The molecule has 6 aliphatic rings. The van der Waals surface area contributed by atoms with Gasteiger partial charge < -0.3 is 29.8 Å². The molecular formula is C35H50N2O10. The summed E-state index contributed by atoms with van der Waals surface area (Å²) in [4.78, 5) is 64.2. The van der Waals surface area contributed by atoms with Crippen LogP contribution in [-0.4, -0.2) is 82.5 Å². The van der Waals surface area contributed by atoms with Crippen molar-refractivity contribution in [3.63, 3.8) is 0 Å². The van der Waals surface area contributed by atoms with Crippen LogP contribution in [0.4, 0.5) is 0 Å². The number of aliphatic hydroxyl groups is 2. The number of fused-ring (bicyclic) bond motifs is 5. The van der Waals surface area contributed by atoms with Crippen molar-refractivity contribution in [2.24, 2.45) is 34.5 Å². The summed E-state index contributed by atoms with van der Waals surface area (Å²) < 4.78 is 11.3. The average Bonchev–Trinajstić information content (AvgIpc) is 3.69. The van der Waals surface area contributed by atoms with E-state index in [1.165, 1.54) is 0 Å². The molecule has 4 aliphatic carbocycles. The van der Waals surface area contributed by atoms with Crippen molar-refractivity contribution in [1.82, 2.24) is 10.4 Å². The molecule has 1 saturated heterocycles. The van der Waals surface area contributed by atoms with E-state index in [-0.39, 0.29) is 73.6 Å². The van der Waals surface area contributed by atoms with Gasteiger partial charge in [-0.15, -0.1) is 5.06 Å². The number of cyclic esters (lactones) is 1. The van der Waals surface area contributed by atoms with Gasteiger partial charge in [-0.3, -0.25) is 14.4 Å². The summed E-state index contributed by atoms with van der Waals surface area (Å²) in [5.74, 6) is -1.51. The molecule has 2 aliphatic heterocycles. The summed E-state index contributed by atoms with van der Waals surface area (Å²) in [5, 5.41) is 27.6. The fourth-order valence-corrected chi connectivity index (χ4v) is 10.4. The van der Waals surface area contributed by atoms with Crippen molar-refractivity contribution >= 4 is 29.7 Å². The second-order valence-electron chi connectivity index (χ2n) is 15.3. The van der Waals surface area contributed by atoms with E-state index in [1.54, 1.807) is 6.08 Å². The molecular weight excluding hydrogens is 608 g/mol. The Morgan fingerprint density at radius 3 is 2.49 bits per heavy atom. The van der Waals surface area contributed by atoms with Crippen LogP contribution in [0.5, 0.6) is 0 Å². The largest absolute Gasteiger partial charge is 0.458 e. The lowest BCUT2D eigenvalue weighted by atomic mass is 9.42. The molecule has 2 heterocycles. The quantitative estimate of drug-likeness (QED) is 0.171. The Morgan fingerprint density at radius 1 is 1.00 bits per heavy atom. The Balaban J connectivity index is 0.929. The molecule has 0 bridgehead atoms. The molecule has 0 radical (unpaired) electrons. The van der Waals surface area contributed by atoms with Gasteiger partial charge in [0.1, 0.15) is 13.2 Å². The monoisotopic (exact) mass is 658 g/mol. The number of amides is 3. The molecule has 0 aromatic carbocycles. The standard InChI is InChI=1S/C35H50N2O10/c1-33-13-11-23(45-20-28(39)36-15-5-3-4-6-31(42)47-37-29(40)9-10-30(37)41)17-22(33)7-8-25-26(33)18-27(38)34(2)24(12-14-35(25,34)44)21-16-32(43)46-19-21/h16,22-27,38,44H,3-15,17-20H2,1-2H3,(H,36,39)/t22?,23-,24+,25?,26?,27+,33-,34-,35-/m0/s1. The predicted octanol–water partition coefficient (Wildman–Crippen LogP) is 2.88. The van der Waals surface area contributed by atoms with E-state index < -0.39 is 34.9 Å². The number of hydroxylamine groups is 2. The van der Waals surface area contributed by atoms with Crippen LogP contribution < -0.4 is 5.32 Å². The minimum absolute atomic E-state index is 0.00928. The SMILES string of the molecule is C[C@]12CC[C@H](OCC(=O)NCCCCCC(=O)ON3C(=O)CCC3=O)CC1CCC1C2C[C@@H](O)[C@]2(C)[C@@H](C3=CC(=O)OC3)CC[C@]12O. The molecule has 0 aromatic rings. The first-order valence-electron chi connectivity index (χ1n) is 17.6. The number of carbonyl (C=O) groups excluding carboxylic acids is 5. The van der Waals surface area contributed by atoms with E-state index in [0.29, 0.717) is 49.6 Å². The van der Waals surface area contributed by atoms with Crippen molar-refractivity contribution in [3.8, 4) is 0 Å². The van der Waals surface area contributed by atoms with Crippen molar-refractivity contribution in [1.29, 1.82) is 0 Å². The highest BCUT2D eigenvalue weighted by Gasteiger charge is 2.70. The van der Waals surface area contributed by atoms with E-state index in [2.05, 4.69) is 12.2 Å². The van der Waals surface area contributed by atoms with Gasteiger partial charge in [-0.25, -0.2) is 9.59 Å². The molecule has 9 atom stereocenters. The minimum Gasteiger partial charge on any atom is -0.458 e. The first kappa shape index (κ1) is 34.0. The maximum Gasteiger partial charge on any atom is 0.333 e. The summed E-state index contributed by atoms with van der Waals surface area (Å²) in [7, 11) is 0. The number of esters is 1. The summed E-state index contributed by atoms with van der Waals surface area (Å²) >= 11 is 0. The summed E-state index contributed by atoms with van der Waals surface area (Å²) in [6.45, 7) is 5.06. The van der Waals surface area contributed by atoms with E-state index >= 15 is 0 Å². The van der Waals surface area contributed by atoms with Crippen LogP contribution in [0.2, 0.25) is 0 Å². The zero-order valence-electron chi connectivity index (χ0n) is 27.7. The van der Waals surface area contributed by atoms with Gasteiger partial charge in [-0.1, -0.05) is 20.3 Å². The smallest absolute Gasteiger partial charge is 0.333 e. The second-order valence-corrected chi connectivity index (χ2v) is 15.3. The molecule has 3 amide bonds. The minimum atomic E-state index is -0.996. The fraction of sp³-hybridized carbons (Fsp3) is 0.800. The fourth-order valence-electron chi connectivity index (χ4n) is 10.4. The van der Waals surface area contributed by atoms with Crippen LogP contribution >= 0.6 is 0 Å². The number of hydrogen-bond acceptors (Lipinski definition) is 10. The van der Waals surface area contributed by atoms with Crippen molar-refractivity contribution in [2.45, 2.75) is 122 Å². The first-order chi connectivity index (χ1) is 22.4. The second kappa shape index (κ2) is 13.2. The van der Waals surface area contributed by atoms with Gasteiger partial charge in [0.2, 0.25) is 5.91 Å². The summed E-state index contributed by atoms with van der Waals surface area (Å²) in [5.41, 5.74) is -0.836. The predicted molar refractivity (Wildman–Crippen MR) is 166 cm³/mol. The number of aliphatic hydroxyl groups excluding tert-OH is 1. The Hall–Kier alpha value is -2.83. The number of nitrogens with zero attached hydrogens (tertiary/aromatic N) is 1. The highest BCUT2D eigenvalue weighted by Crippen LogP contribution is 2.70. The average molecular weight is 659 g/mol. The van der Waals surface area contributed by atoms with Gasteiger partial charge in [0.15, 0.2) is 0 Å². The number of rotatable bonds is 11. The zero-order valence-corrected chi connectivity index (χ0v) is 27.7. The molecule has 47 heavy (non-hydrogen) atoms. The highest BCUT2D eigenvalue weighted by molar-refractivity contribution is 6.01. The van der Waals surface area contributed by atoms with E-state index in [0.717, 1.165) is 44.1 Å². The van der Waals surface area contributed by atoms with Crippen LogP contribution in [-0.2, 0) is 38.3 Å². The zero-order chi connectivity index (χ0) is 33.6. The lowest BCUT2D eigenvalue weighted by molar-refractivity contribution is -0.245. The Morgan fingerprint density at radius 2 is 1.77 bits per heavy atom. The molecule has 3 N–H and O–H groups in total. The van der Waals surface area contributed by atoms with Gasteiger partial charge >= 0.3 is 11.9 Å². The molecule has 3 unspecified atom stereocenters. The maximum atomic E-state index is 12.5. The van der Waals surface area contributed by atoms with Gasteiger partial charge in [0, 0.05) is 37.3 Å². The molecule has 5 fully saturated rings. The first-order valence-corrected chi connectivity index (χ1v) is 17.6. The van der Waals surface area contributed by atoms with Crippen molar-refractivity contribution in [2.75, 3.05) is 19.8 Å². The van der Waals surface area contributed by atoms with E-state index in [1.807, 2.05) is 6.92 Å². The molecule has 260 valence electrons. The van der Waals surface area contributed by atoms with Crippen LogP contribution in [0.15, 0.2) is 11.6 Å². The summed E-state index contributed by atoms with van der Waals surface area (Å²) in [6.07, 6.45) is 9.45. The van der Waals surface area contributed by atoms with Crippen LogP contribution in [0, 0.1) is 34.5 Å². The van der Waals surface area contributed by atoms with Gasteiger partial charge in [0.05, 0.1) is 17.8 Å². The van der Waals surface area contributed by atoms with Crippen LogP contribution in [0.3, 0.4) is 0 Å². The number of unbranched alkanes of at least 4 members (excludes halogenated alkanes) is 2. The third-order valence-corrected chi connectivity index (χ3v) is 13.1. The highest BCUT2D eigenvalue weighted by atomic mass is 16.7. The van der Waals surface area contributed by atoms with Gasteiger partial charge in [-0.05, 0) is 98.9 Å².